The fraction of sp³-hybridized carbons (Fsp3) is 0.857. The van der Waals surface area contributed by atoms with E-state index < -0.39 is 5.60 Å². The molecular weight excluding hydrogens is 278 g/mol. The maximum atomic E-state index is 11.9. The van der Waals surface area contributed by atoms with Gasteiger partial charge in [0.2, 0.25) is 0 Å². The van der Waals surface area contributed by atoms with E-state index in [0.29, 0.717) is 24.9 Å². The summed E-state index contributed by atoms with van der Waals surface area (Å²) >= 11 is 1.71. The van der Waals surface area contributed by atoms with Crippen LogP contribution in [0.15, 0.2) is 0 Å². The van der Waals surface area contributed by atoms with Gasteiger partial charge in [-0.25, -0.2) is 4.79 Å². The van der Waals surface area contributed by atoms with E-state index in [1.165, 1.54) is 0 Å². The number of cyclic esters (lactones) is 1. The number of likely N-dealkylation sites (tertiary alicyclic amines) is 1. The second-order valence-corrected chi connectivity index (χ2v) is 7.76. The van der Waals surface area contributed by atoms with Gasteiger partial charge in [-0.05, 0) is 33.6 Å². The van der Waals surface area contributed by atoms with E-state index in [1.54, 1.807) is 16.7 Å². The number of amides is 1. The van der Waals surface area contributed by atoms with Gasteiger partial charge in [0.15, 0.2) is 0 Å². The number of nitrogens with zero attached hydrogens (tertiary/aromatic N) is 1. The number of piperidine rings is 1. The van der Waals surface area contributed by atoms with Crippen molar-refractivity contribution in [1.82, 2.24) is 4.90 Å². The van der Waals surface area contributed by atoms with Crippen molar-refractivity contribution in [1.29, 1.82) is 0 Å². The van der Waals surface area contributed by atoms with Gasteiger partial charge in [0, 0.05) is 24.8 Å². The predicted molar refractivity (Wildman–Crippen MR) is 77.8 cm³/mol. The Hall–Kier alpha value is -0.910. The first-order chi connectivity index (χ1) is 9.35. The Balaban J connectivity index is 1.75. The molecular formula is C14H23NO4S. The molecule has 0 bridgehead atoms. The van der Waals surface area contributed by atoms with Crippen molar-refractivity contribution in [2.75, 3.05) is 19.7 Å². The highest BCUT2D eigenvalue weighted by molar-refractivity contribution is 8.01. The summed E-state index contributed by atoms with van der Waals surface area (Å²) in [6.45, 7) is 7.58. The quantitative estimate of drug-likeness (QED) is 0.733. The van der Waals surface area contributed by atoms with Gasteiger partial charge in [-0.15, -0.1) is 11.8 Å². The Kier molecular flexibility index (Phi) is 4.83. The van der Waals surface area contributed by atoms with Gasteiger partial charge in [0.05, 0.1) is 6.61 Å². The van der Waals surface area contributed by atoms with Crippen LogP contribution in [0.4, 0.5) is 4.79 Å². The zero-order valence-corrected chi connectivity index (χ0v) is 13.2. The van der Waals surface area contributed by atoms with Crippen LogP contribution in [0.25, 0.3) is 0 Å². The Morgan fingerprint density at radius 1 is 1.30 bits per heavy atom. The lowest BCUT2D eigenvalue weighted by atomic mass is 10.1. The van der Waals surface area contributed by atoms with Crippen LogP contribution in [0.5, 0.6) is 0 Å². The summed E-state index contributed by atoms with van der Waals surface area (Å²) in [5.41, 5.74) is -0.448. The van der Waals surface area contributed by atoms with Gasteiger partial charge in [0.25, 0.3) is 0 Å². The molecule has 0 radical (unpaired) electrons. The largest absolute Gasteiger partial charge is 0.465 e. The minimum atomic E-state index is -0.448. The molecule has 2 saturated heterocycles. The monoisotopic (exact) mass is 301 g/mol. The third kappa shape index (κ3) is 4.30. The van der Waals surface area contributed by atoms with Crippen molar-refractivity contribution in [3.8, 4) is 0 Å². The van der Waals surface area contributed by atoms with Crippen LogP contribution in [0, 0.1) is 0 Å². The number of thioether (sulfide) groups is 1. The average molecular weight is 301 g/mol. The lowest BCUT2D eigenvalue weighted by Gasteiger charge is -2.33. The molecule has 20 heavy (non-hydrogen) atoms. The molecule has 2 heterocycles. The van der Waals surface area contributed by atoms with Crippen LogP contribution in [-0.4, -0.2) is 52.8 Å². The molecule has 2 fully saturated rings. The SMILES string of the molecule is CC(C)(C)OC(=O)N1CCC(SC2CCOC2=O)CC1. The topological polar surface area (TPSA) is 55.8 Å². The van der Waals surface area contributed by atoms with E-state index in [-0.39, 0.29) is 17.3 Å². The summed E-state index contributed by atoms with van der Waals surface area (Å²) in [7, 11) is 0. The minimum absolute atomic E-state index is 0.00641. The zero-order chi connectivity index (χ0) is 14.8. The fourth-order valence-electron chi connectivity index (χ4n) is 2.33. The van der Waals surface area contributed by atoms with E-state index in [4.69, 9.17) is 9.47 Å². The molecule has 0 spiro atoms. The highest BCUT2D eigenvalue weighted by Gasteiger charge is 2.33. The molecule has 114 valence electrons. The van der Waals surface area contributed by atoms with Crippen LogP contribution < -0.4 is 0 Å². The maximum Gasteiger partial charge on any atom is 0.410 e. The van der Waals surface area contributed by atoms with E-state index in [0.717, 1.165) is 19.3 Å². The molecule has 6 heteroatoms. The highest BCUT2D eigenvalue weighted by atomic mass is 32.2. The minimum Gasteiger partial charge on any atom is -0.465 e. The summed E-state index contributed by atoms with van der Waals surface area (Å²) in [5.74, 6) is -0.0791. The van der Waals surface area contributed by atoms with E-state index >= 15 is 0 Å². The number of hydrogen-bond acceptors (Lipinski definition) is 5. The summed E-state index contributed by atoms with van der Waals surface area (Å²) in [6, 6.07) is 0. The van der Waals surface area contributed by atoms with Crippen molar-refractivity contribution in [3.05, 3.63) is 0 Å². The van der Waals surface area contributed by atoms with Gasteiger partial charge in [0.1, 0.15) is 10.9 Å². The molecule has 1 atom stereocenters. The average Bonchev–Trinajstić information content (AvgIpc) is 2.74. The summed E-state index contributed by atoms with van der Waals surface area (Å²) < 4.78 is 10.3. The lowest BCUT2D eigenvalue weighted by molar-refractivity contribution is -0.137. The van der Waals surface area contributed by atoms with Crippen molar-refractivity contribution in [3.63, 3.8) is 0 Å². The summed E-state index contributed by atoms with van der Waals surface area (Å²) in [5, 5.41) is 0.428. The highest BCUT2D eigenvalue weighted by Crippen LogP contribution is 2.32. The Morgan fingerprint density at radius 2 is 1.95 bits per heavy atom. The molecule has 0 saturated carbocycles. The Bertz CT molecular complexity index is 372. The van der Waals surface area contributed by atoms with Gasteiger partial charge in [-0.2, -0.15) is 0 Å². The van der Waals surface area contributed by atoms with Gasteiger partial charge >= 0.3 is 12.1 Å². The molecule has 5 nitrogen and oxygen atoms in total. The Labute approximate surface area is 124 Å². The molecule has 0 aromatic carbocycles. The molecule has 0 aromatic rings. The van der Waals surface area contributed by atoms with Crippen LogP contribution in [-0.2, 0) is 14.3 Å². The lowest BCUT2D eigenvalue weighted by Crippen LogP contribution is -2.42. The molecule has 1 unspecified atom stereocenters. The van der Waals surface area contributed by atoms with E-state index in [9.17, 15) is 9.59 Å². The smallest absolute Gasteiger partial charge is 0.410 e. The van der Waals surface area contributed by atoms with Crippen molar-refractivity contribution in [2.45, 2.75) is 56.1 Å². The predicted octanol–water partition coefficient (Wildman–Crippen LogP) is 2.43. The number of hydrogen-bond donors (Lipinski definition) is 0. The maximum absolute atomic E-state index is 11.9. The number of rotatable bonds is 2. The molecule has 2 aliphatic rings. The van der Waals surface area contributed by atoms with Crippen molar-refractivity contribution < 1.29 is 19.1 Å². The molecule has 2 aliphatic heterocycles. The third-order valence-corrected chi connectivity index (χ3v) is 4.95. The van der Waals surface area contributed by atoms with Crippen LogP contribution in [0.3, 0.4) is 0 Å². The molecule has 0 N–H and O–H groups in total. The van der Waals surface area contributed by atoms with Gasteiger partial charge in [-0.1, -0.05) is 0 Å². The first-order valence-electron chi connectivity index (χ1n) is 7.15. The second kappa shape index (κ2) is 6.24. The zero-order valence-electron chi connectivity index (χ0n) is 12.4. The summed E-state index contributed by atoms with van der Waals surface area (Å²) in [4.78, 5) is 25.1. The summed E-state index contributed by atoms with van der Waals surface area (Å²) in [6.07, 6.45) is 2.40. The van der Waals surface area contributed by atoms with E-state index in [2.05, 4.69) is 0 Å². The fourth-order valence-corrected chi connectivity index (χ4v) is 3.69. The Morgan fingerprint density at radius 3 is 2.45 bits per heavy atom. The van der Waals surface area contributed by atoms with Crippen molar-refractivity contribution >= 4 is 23.8 Å². The number of carbonyl (C=O) groups excluding carboxylic acids is 2. The van der Waals surface area contributed by atoms with Gasteiger partial charge < -0.3 is 14.4 Å². The number of ether oxygens (including phenoxy) is 2. The van der Waals surface area contributed by atoms with Crippen LogP contribution in [0.2, 0.25) is 0 Å². The molecule has 2 rings (SSSR count). The normalized spacial score (nSPS) is 24.6. The van der Waals surface area contributed by atoms with Gasteiger partial charge in [-0.3, -0.25) is 4.79 Å². The number of carbonyl (C=O) groups is 2. The first-order valence-corrected chi connectivity index (χ1v) is 8.09. The van der Waals surface area contributed by atoms with Crippen LogP contribution >= 0.6 is 11.8 Å². The molecule has 0 aliphatic carbocycles. The van der Waals surface area contributed by atoms with Crippen LogP contribution in [0.1, 0.15) is 40.0 Å². The standard InChI is InChI=1S/C14H23NO4S/c1-14(2,3)19-13(17)15-7-4-10(5-8-15)20-11-6-9-18-12(11)16/h10-11H,4-9H2,1-3H3. The number of esters is 1. The molecule has 0 aromatic heterocycles. The van der Waals surface area contributed by atoms with E-state index in [1.807, 2.05) is 20.8 Å². The van der Waals surface area contributed by atoms with Crippen molar-refractivity contribution in [2.24, 2.45) is 0 Å². The molecule has 1 amide bonds. The third-order valence-electron chi connectivity index (χ3n) is 3.34. The first kappa shape index (κ1) is 15.5. The second-order valence-electron chi connectivity index (χ2n) is 6.25.